The highest BCUT2D eigenvalue weighted by Crippen LogP contribution is 2.22. The van der Waals surface area contributed by atoms with Gasteiger partial charge in [0.1, 0.15) is 47.5 Å². The minimum absolute atomic E-state index is 0.0719. The van der Waals surface area contributed by atoms with Gasteiger partial charge in [0.05, 0.1) is 26.2 Å². The van der Waals surface area contributed by atoms with E-state index in [0.717, 1.165) is 19.6 Å². The summed E-state index contributed by atoms with van der Waals surface area (Å²) in [6.07, 6.45) is 0.546. The van der Waals surface area contributed by atoms with E-state index in [4.69, 9.17) is 15.2 Å². The summed E-state index contributed by atoms with van der Waals surface area (Å²) in [5, 5.41) is 17.5. The summed E-state index contributed by atoms with van der Waals surface area (Å²) in [6, 6.07) is -7.35. The third-order valence-electron chi connectivity index (χ3n) is 13.4. The van der Waals surface area contributed by atoms with Crippen molar-refractivity contribution in [1.82, 2.24) is 55.1 Å². The van der Waals surface area contributed by atoms with E-state index in [9.17, 15) is 62.6 Å². The van der Waals surface area contributed by atoms with E-state index in [1.165, 1.54) is 61.9 Å². The molecule has 27 nitrogen and oxygen atoms in total. The number of carbonyl (C=O) groups excluding carboxylic acids is 11. The smallest absolute Gasteiger partial charge is 0.408 e. The van der Waals surface area contributed by atoms with Gasteiger partial charge in [0.25, 0.3) is 0 Å². The summed E-state index contributed by atoms with van der Waals surface area (Å²) in [5.41, 5.74) is 3.51. The molecule has 2 rings (SSSR count). The number of carbonyl (C=O) groups is 12. The molecule has 11 amide bonds. The molecule has 2 fully saturated rings. The fraction of sp³-hybridized carbons (Fsp3) is 0.769. The maximum Gasteiger partial charge on any atom is 0.408 e. The van der Waals surface area contributed by atoms with Gasteiger partial charge in [-0.05, 0) is 91.9 Å². The number of likely N-dealkylation sites (N-methyl/N-ethyl adjacent to an activating group) is 6. The van der Waals surface area contributed by atoms with Gasteiger partial charge in [-0.25, -0.2) is 14.4 Å². The monoisotopic (exact) mass is 1120 g/mol. The molecule has 27 heteroatoms. The Kier molecular flexibility index (Phi) is 25.9. The molecular weight excluding hydrogens is 1030 g/mol. The van der Waals surface area contributed by atoms with Crippen molar-refractivity contribution in [3.05, 3.63) is 0 Å². The molecule has 2 saturated heterocycles. The Morgan fingerprint density at radius 2 is 0.924 bits per heavy atom. The van der Waals surface area contributed by atoms with Crippen LogP contribution in [0.25, 0.3) is 0 Å². The molecule has 6 atom stereocenters. The number of likely N-dealkylation sites (tertiary alicyclic amines) is 2. The fourth-order valence-corrected chi connectivity index (χ4v) is 9.25. The van der Waals surface area contributed by atoms with Gasteiger partial charge in [-0.2, -0.15) is 0 Å². The molecule has 2 aliphatic heterocycles. The van der Waals surface area contributed by atoms with E-state index in [1.807, 2.05) is 0 Å². The van der Waals surface area contributed by atoms with Crippen LogP contribution in [0, 0.1) is 11.8 Å². The predicted molar refractivity (Wildman–Crippen MR) is 288 cm³/mol. The van der Waals surface area contributed by atoms with Crippen LogP contribution in [0.3, 0.4) is 0 Å². The van der Waals surface area contributed by atoms with Crippen LogP contribution in [0.4, 0.5) is 9.59 Å². The van der Waals surface area contributed by atoms with E-state index in [0.29, 0.717) is 25.7 Å². The van der Waals surface area contributed by atoms with E-state index in [2.05, 4.69) is 16.0 Å². The molecule has 0 unspecified atom stereocenters. The third kappa shape index (κ3) is 20.7. The number of alkyl carbamates (subject to hydrolysis) is 2. The Labute approximate surface area is 464 Å². The van der Waals surface area contributed by atoms with E-state index in [-0.39, 0.29) is 39.0 Å². The molecule has 0 spiro atoms. The van der Waals surface area contributed by atoms with Crippen LogP contribution in [0.5, 0.6) is 0 Å². The number of amides is 11. The standard InChI is InChI=1S/C52H90N12O15/c1-31(2)41(61(15)39(67)29-57(11)37(65)25-53)46(72)59(13)27-33(55-49(76)78-51(5,6)7)44(70)63-23-19-17-21-35(63)43(69)54-26-38(66)58(12)30-40(68)62(16)42(32(3)4)47(73)60(14)28-34(56-50(77)79-52(8,9)10)45(71)64-24-20-18-22-36(64)48(74)75/h31-36,41-42H,17-30,53H2,1-16H3,(H,54,69)(H,55,76)(H,56,77)(H,74,75)/t33-,34-,35+,36+,41+,42+/m1/s1. The molecule has 448 valence electrons. The van der Waals surface area contributed by atoms with Crippen LogP contribution in [0.15, 0.2) is 0 Å². The Hall–Kier alpha value is -6.80. The van der Waals surface area contributed by atoms with E-state index in [1.54, 1.807) is 69.2 Å². The zero-order chi connectivity index (χ0) is 60.6. The van der Waals surface area contributed by atoms with E-state index >= 15 is 0 Å². The molecule has 2 aliphatic rings. The summed E-state index contributed by atoms with van der Waals surface area (Å²) in [4.78, 5) is 171. The van der Waals surface area contributed by atoms with Crippen LogP contribution in [0.1, 0.15) is 108 Å². The highest BCUT2D eigenvalue weighted by molar-refractivity contribution is 5.96. The molecule has 0 saturated carbocycles. The molecule has 79 heavy (non-hydrogen) atoms. The zero-order valence-electron chi connectivity index (χ0n) is 49.3. The molecule has 0 bridgehead atoms. The zero-order valence-corrected chi connectivity index (χ0v) is 49.3. The predicted octanol–water partition coefficient (Wildman–Crippen LogP) is -0.506. The van der Waals surface area contributed by atoms with Crippen molar-refractivity contribution < 1.29 is 72.1 Å². The highest BCUT2D eigenvalue weighted by atomic mass is 16.6. The molecular formula is C52H90N12O15. The van der Waals surface area contributed by atoms with Crippen LogP contribution < -0.4 is 21.7 Å². The summed E-state index contributed by atoms with van der Waals surface area (Å²) in [5.74, 6) is -7.94. The number of aliphatic carboxylic acids is 1. The van der Waals surface area contributed by atoms with E-state index < -0.39 is 157 Å². The fourth-order valence-electron chi connectivity index (χ4n) is 9.25. The third-order valence-corrected chi connectivity index (χ3v) is 13.4. The van der Waals surface area contributed by atoms with Gasteiger partial charge in [0, 0.05) is 68.5 Å². The van der Waals surface area contributed by atoms with Crippen molar-refractivity contribution in [2.45, 2.75) is 155 Å². The lowest BCUT2D eigenvalue weighted by atomic mass is 9.99. The van der Waals surface area contributed by atoms with Crippen molar-refractivity contribution in [3.63, 3.8) is 0 Å². The minimum Gasteiger partial charge on any atom is -0.480 e. The Bertz CT molecular complexity index is 2210. The van der Waals surface area contributed by atoms with Crippen LogP contribution in [-0.2, 0) is 57.4 Å². The summed E-state index contributed by atoms with van der Waals surface area (Å²) < 4.78 is 10.8. The van der Waals surface area contributed by atoms with Crippen molar-refractivity contribution in [1.29, 1.82) is 0 Å². The first-order valence-electron chi connectivity index (χ1n) is 26.7. The molecule has 0 radical (unpaired) electrons. The second-order valence-electron chi connectivity index (χ2n) is 23.1. The second kappa shape index (κ2) is 30.0. The average Bonchev–Trinajstić information content (AvgIpc) is 3.35. The topological polar surface area (TPSA) is 332 Å². The first kappa shape index (κ1) is 68.3. The maximum absolute atomic E-state index is 14.5. The Morgan fingerprint density at radius 1 is 0.557 bits per heavy atom. The van der Waals surface area contributed by atoms with Gasteiger partial charge in [0.2, 0.25) is 53.2 Å². The number of nitrogens with two attached hydrogens (primary N) is 1. The largest absolute Gasteiger partial charge is 0.480 e. The van der Waals surface area contributed by atoms with Gasteiger partial charge in [0.15, 0.2) is 0 Å². The van der Waals surface area contributed by atoms with Crippen LogP contribution >= 0.6 is 0 Å². The molecule has 2 heterocycles. The maximum atomic E-state index is 14.5. The van der Waals surface area contributed by atoms with Gasteiger partial charge >= 0.3 is 18.2 Å². The number of hydrogen-bond acceptors (Lipinski definition) is 15. The van der Waals surface area contributed by atoms with Gasteiger partial charge in [-0.3, -0.25) is 43.2 Å². The number of carboxylic acids is 1. The lowest BCUT2D eigenvalue weighted by Crippen LogP contribution is -2.61. The highest BCUT2D eigenvalue weighted by Gasteiger charge is 2.42. The first-order valence-corrected chi connectivity index (χ1v) is 26.7. The average molecular weight is 1120 g/mol. The second-order valence-corrected chi connectivity index (χ2v) is 23.1. The summed E-state index contributed by atoms with van der Waals surface area (Å²) in [6.45, 7) is 14.1. The number of nitrogens with zero attached hydrogens (tertiary/aromatic N) is 8. The molecule has 0 aliphatic carbocycles. The number of rotatable bonds is 23. The van der Waals surface area contributed by atoms with Gasteiger partial charge in [-0.15, -0.1) is 0 Å². The van der Waals surface area contributed by atoms with Crippen molar-refractivity contribution in [3.8, 4) is 0 Å². The van der Waals surface area contributed by atoms with Gasteiger partial charge < -0.3 is 75.5 Å². The minimum atomic E-state index is -1.46. The lowest BCUT2D eigenvalue weighted by Gasteiger charge is -2.39. The normalized spacial score (nSPS) is 17.2. The van der Waals surface area contributed by atoms with Crippen molar-refractivity contribution in [2.75, 3.05) is 94.6 Å². The lowest BCUT2D eigenvalue weighted by molar-refractivity contribution is -0.154. The summed E-state index contributed by atoms with van der Waals surface area (Å²) >= 11 is 0. The molecule has 0 aromatic rings. The molecule has 6 N–H and O–H groups in total. The number of nitrogens with one attached hydrogen (secondary N) is 3. The quantitative estimate of drug-likeness (QED) is 0.0861. The van der Waals surface area contributed by atoms with Gasteiger partial charge in [-0.1, -0.05) is 27.7 Å². The Morgan fingerprint density at radius 3 is 1.28 bits per heavy atom. The number of carboxylic acid groups (broad SMARTS) is 1. The van der Waals surface area contributed by atoms with Crippen LogP contribution in [0.2, 0.25) is 0 Å². The molecule has 0 aromatic carbocycles. The SMILES string of the molecule is CC(C)[C@@H](C(=O)N(C)C[C@@H](NC(=O)OC(C)(C)C)C(=O)N1CCCC[C@H]1C(=O)O)N(C)C(=O)CN(C)C(=O)CNC(=O)[C@@H]1CCCCN1C(=O)[C@@H](CN(C)C(=O)[C@H](C(C)C)N(C)C(=O)CN(C)C(=O)CN)NC(=O)OC(C)(C)C. The van der Waals surface area contributed by atoms with Crippen LogP contribution in [-0.4, -0.2) is 258 Å². The van der Waals surface area contributed by atoms with Crippen molar-refractivity contribution in [2.24, 2.45) is 17.6 Å². The first-order chi connectivity index (χ1) is 36.4. The number of piperidine rings is 2. The molecule has 0 aromatic heterocycles. The van der Waals surface area contributed by atoms with Crippen molar-refractivity contribution >= 4 is 71.3 Å². The number of hydrogen-bond donors (Lipinski definition) is 5. The summed E-state index contributed by atoms with van der Waals surface area (Å²) in [7, 11) is 8.28. The Balaban J connectivity index is 2.27. The number of ether oxygens (including phenoxy) is 2.